The quantitative estimate of drug-likeness (QED) is 0.387. The zero-order valence-electron chi connectivity index (χ0n) is 12.5. The molecule has 8 nitrogen and oxygen atoms in total. The average molecular weight is 385 g/mol. The standard InChI is InChI=1S/C9H12N3P.5CO.Cr/c10-4-1-7-13(8-2-5-11)9-3-6-12;5*1-2;/h1-3,7-9H2;;;;;;. The summed E-state index contributed by atoms with van der Waals surface area (Å²) in [5.41, 5.74) is 0. The molecule has 0 saturated carbocycles. The van der Waals surface area contributed by atoms with Gasteiger partial charge in [0.15, 0.2) is 0 Å². The van der Waals surface area contributed by atoms with Crippen LogP contribution in [0, 0.1) is 67.2 Å². The summed E-state index contributed by atoms with van der Waals surface area (Å²) >= 11 is 0. The van der Waals surface area contributed by atoms with E-state index >= 15 is 0 Å². The molecule has 0 bridgehead atoms. The first-order valence-electron chi connectivity index (χ1n) is 5.20. The fraction of sp³-hybridized carbons (Fsp3) is 0.429. The minimum absolute atomic E-state index is 0. The van der Waals surface area contributed by atoms with Crippen LogP contribution in [0.15, 0.2) is 0 Å². The SMILES string of the molecule is N#CCCP(CCC#N)CCC#N.[C-]#[O+].[C-]#[O+].[C-]#[O+].[C-]#[O+].[C-]#[O+].[Cr]. The van der Waals surface area contributed by atoms with E-state index in [2.05, 4.69) is 51.5 Å². The molecule has 0 radical (unpaired) electrons. The van der Waals surface area contributed by atoms with Crippen molar-refractivity contribution < 1.29 is 40.6 Å². The first kappa shape index (κ1) is 43.2. The monoisotopic (exact) mass is 385 g/mol. The van der Waals surface area contributed by atoms with Gasteiger partial charge in [0, 0.05) is 36.6 Å². The van der Waals surface area contributed by atoms with Crippen molar-refractivity contribution in [2.45, 2.75) is 19.3 Å². The average Bonchev–Trinajstić information content (AvgIpc) is 2.69. The molecule has 0 unspecified atom stereocenters. The zero-order valence-corrected chi connectivity index (χ0v) is 14.7. The van der Waals surface area contributed by atoms with Gasteiger partial charge >= 0.3 is 56.5 Å². The van der Waals surface area contributed by atoms with Crippen LogP contribution in [0.4, 0.5) is 0 Å². The van der Waals surface area contributed by atoms with Crippen LogP contribution in [-0.4, -0.2) is 18.5 Å². The summed E-state index contributed by atoms with van der Waals surface area (Å²) in [5.74, 6) is 0. The maximum absolute atomic E-state index is 8.40. The van der Waals surface area contributed by atoms with E-state index < -0.39 is 0 Å². The van der Waals surface area contributed by atoms with E-state index in [-0.39, 0.29) is 25.3 Å². The minimum atomic E-state index is -0.246. The molecule has 0 aromatic heterocycles. The Kier molecular flexibility index (Phi) is 150. The maximum atomic E-state index is 8.40. The first-order chi connectivity index (χ1) is 11.3. The molecule has 0 N–H and O–H groups in total. The van der Waals surface area contributed by atoms with Gasteiger partial charge in [0.05, 0.1) is 18.2 Å². The summed E-state index contributed by atoms with van der Waals surface area (Å²) in [6.45, 7) is 22.5. The van der Waals surface area contributed by atoms with Crippen LogP contribution in [-0.2, 0) is 40.6 Å². The Morgan fingerprint density at radius 2 is 0.708 bits per heavy atom. The van der Waals surface area contributed by atoms with Crippen molar-refractivity contribution in [3.8, 4) is 18.2 Å². The largest absolute Gasteiger partial charge is 0 e. The van der Waals surface area contributed by atoms with Crippen molar-refractivity contribution in [2.24, 2.45) is 0 Å². The Bertz CT molecular complexity index is 363. The van der Waals surface area contributed by atoms with E-state index in [1.54, 1.807) is 0 Å². The summed E-state index contributed by atoms with van der Waals surface area (Å²) in [6, 6.07) is 6.30. The van der Waals surface area contributed by atoms with Gasteiger partial charge in [0.1, 0.15) is 0 Å². The molecule has 0 aromatic rings. The molecule has 124 valence electrons. The van der Waals surface area contributed by atoms with Gasteiger partial charge in [0.2, 0.25) is 0 Å². The zero-order chi connectivity index (χ0) is 19.9. The number of rotatable bonds is 6. The van der Waals surface area contributed by atoms with E-state index in [1.165, 1.54) is 0 Å². The molecule has 24 heavy (non-hydrogen) atoms. The molecule has 0 fully saturated rings. The second-order valence-corrected chi connectivity index (χ2v) is 5.25. The van der Waals surface area contributed by atoms with Crippen LogP contribution in [0.5, 0.6) is 0 Å². The molecule has 0 heterocycles. The Balaban J connectivity index is -0.0000000448. The van der Waals surface area contributed by atoms with Crippen LogP contribution in [0.3, 0.4) is 0 Å². The Hall–Kier alpha value is -1.87. The molecular formula is C14H12CrN3O5P. The Labute approximate surface area is 153 Å². The molecule has 0 spiro atoms. The normalized spacial score (nSPS) is 5.17. The van der Waals surface area contributed by atoms with Gasteiger partial charge < -0.3 is 0 Å². The van der Waals surface area contributed by atoms with Crippen molar-refractivity contribution in [3.05, 3.63) is 33.3 Å². The summed E-state index contributed by atoms with van der Waals surface area (Å²) in [6.07, 6.45) is 4.33. The van der Waals surface area contributed by atoms with Crippen molar-refractivity contribution >= 4 is 7.92 Å². The number of hydrogen-bond donors (Lipinski definition) is 0. The second-order valence-electron chi connectivity index (χ2n) is 2.57. The first-order valence-corrected chi connectivity index (χ1v) is 7.10. The summed E-state index contributed by atoms with van der Waals surface area (Å²) < 4.78 is 37.5. The third-order valence-electron chi connectivity index (χ3n) is 1.62. The van der Waals surface area contributed by atoms with Gasteiger partial charge in [-0.1, -0.05) is 0 Å². The van der Waals surface area contributed by atoms with E-state index in [4.69, 9.17) is 39.0 Å². The van der Waals surface area contributed by atoms with E-state index in [9.17, 15) is 0 Å². The number of nitrogens with zero attached hydrogens (tertiary/aromatic N) is 3. The predicted molar refractivity (Wildman–Crippen MR) is 71.9 cm³/mol. The van der Waals surface area contributed by atoms with Crippen molar-refractivity contribution in [1.29, 1.82) is 15.8 Å². The van der Waals surface area contributed by atoms with Crippen molar-refractivity contribution in [2.75, 3.05) is 18.5 Å². The molecule has 0 aliphatic heterocycles. The predicted octanol–water partition coefficient (Wildman–Crippen LogP) is 2.02. The molecule has 10 heteroatoms. The van der Waals surface area contributed by atoms with Crippen LogP contribution in [0.2, 0.25) is 0 Å². The molecule has 0 amide bonds. The van der Waals surface area contributed by atoms with Gasteiger partial charge in [0.25, 0.3) is 0 Å². The van der Waals surface area contributed by atoms with Gasteiger partial charge in [-0.2, -0.15) is 15.8 Å². The van der Waals surface area contributed by atoms with Crippen LogP contribution >= 0.6 is 7.92 Å². The third kappa shape index (κ3) is 71.8. The van der Waals surface area contributed by atoms with Crippen molar-refractivity contribution in [1.82, 2.24) is 0 Å². The van der Waals surface area contributed by atoms with Crippen LogP contribution in [0.1, 0.15) is 19.3 Å². The van der Waals surface area contributed by atoms with E-state index in [0.717, 1.165) is 18.5 Å². The molecule has 0 atom stereocenters. The van der Waals surface area contributed by atoms with E-state index in [0.29, 0.717) is 19.3 Å². The van der Waals surface area contributed by atoms with Gasteiger partial charge in [-0.05, 0) is 18.5 Å². The fourth-order valence-corrected chi connectivity index (χ4v) is 2.88. The Morgan fingerprint density at radius 1 is 0.542 bits per heavy atom. The molecule has 0 aromatic carbocycles. The molecule has 0 saturated heterocycles. The van der Waals surface area contributed by atoms with Crippen LogP contribution in [0.25, 0.3) is 0 Å². The van der Waals surface area contributed by atoms with Gasteiger partial charge in [-0.15, -0.1) is 7.92 Å². The summed E-state index contributed by atoms with van der Waals surface area (Å²) in [4.78, 5) is 0. The molecule has 0 rings (SSSR count). The second kappa shape index (κ2) is 83.4. The minimum Gasteiger partial charge on any atom is 0 e. The third-order valence-corrected chi connectivity index (χ3v) is 4.19. The number of nitriles is 3. The smallest absolute Gasteiger partial charge is 0 e. The summed E-state index contributed by atoms with van der Waals surface area (Å²) in [7, 11) is -0.246. The van der Waals surface area contributed by atoms with Crippen LogP contribution < -0.4 is 0 Å². The van der Waals surface area contributed by atoms with Crippen molar-refractivity contribution in [3.63, 3.8) is 0 Å². The maximum Gasteiger partial charge on any atom is 0 e. The Morgan fingerprint density at radius 3 is 0.833 bits per heavy atom. The van der Waals surface area contributed by atoms with Gasteiger partial charge in [-0.3, -0.25) is 0 Å². The molecular weight excluding hydrogens is 373 g/mol. The topological polar surface area (TPSA) is 171 Å². The fourth-order valence-electron chi connectivity index (χ4n) is 0.960. The summed E-state index contributed by atoms with van der Waals surface area (Å²) in [5, 5.41) is 25.2. The van der Waals surface area contributed by atoms with E-state index in [1.807, 2.05) is 0 Å². The number of hydrogen-bond acceptors (Lipinski definition) is 3. The van der Waals surface area contributed by atoms with Gasteiger partial charge in [-0.25, -0.2) is 0 Å². The molecule has 0 aliphatic rings. The molecule has 0 aliphatic carbocycles.